The molecule has 3 N–H and O–H groups in total. The van der Waals surface area contributed by atoms with Gasteiger partial charge in [0, 0.05) is 24.5 Å². The second-order valence-corrected chi connectivity index (χ2v) is 4.70. The minimum absolute atomic E-state index is 0.199. The second-order valence-electron chi connectivity index (χ2n) is 4.70. The molecular weight excluding hydrogens is 238 g/mol. The number of benzene rings is 1. The first-order valence-electron chi connectivity index (χ1n) is 7.04. The van der Waals surface area contributed by atoms with E-state index in [4.69, 9.17) is 0 Å². The zero-order valence-electron chi connectivity index (χ0n) is 12.1. The van der Waals surface area contributed by atoms with Gasteiger partial charge in [0.05, 0.1) is 0 Å². The average Bonchev–Trinajstić information content (AvgIpc) is 2.41. The van der Waals surface area contributed by atoms with E-state index in [1.54, 1.807) is 7.05 Å². The van der Waals surface area contributed by atoms with Gasteiger partial charge in [-0.1, -0.05) is 26.7 Å². The number of carbonyl (C=O) groups excluding carboxylic acids is 1. The number of urea groups is 1. The molecule has 19 heavy (non-hydrogen) atoms. The molecule has 0 aliphatic carbocycles. The molecule has 106 valence electrons. The van der Waals surface area contributed by atoms with Crippen LogP contribution in [0.2, 0.25) is 0 Å². The summed E-state index contributed by atoms with van der Waals surface area (Å²) in [6.45, 7) is 4.42. The van der Waals surface area contributed by atoms with E-state index >= 15 is 0 Å². The lowest BCUT2D eigenvalue weighted by Gasteiger charge is -2.19. The first-order valence-corrected chi connectivity index (χ1v) is 7.04. The van der Waals surface area contributed by atoms with Crippen LogP contribution in [0.15, 0.2) is 24.3 Å². The third-order valence-electron chi connectivity index (χ3n) is 3.01. The monoisotopic (exact) mass is 263 g/mol. The fourth-order valence-electron chi connectivity index (χ4n) is 2.06. The smallest absolute Gasteiger partial charge is 0.318 e. The van der Waals surface area contributed by atoms with E-state index in [0.717, 1.165) is 11.4 Å². The Morgan fingerprint density at radius 2 is 1.58 bits per heavy atom. The Hall–Kier alpha value is -1.71. The predicted molar refractivity (Wildman–Crippen MR) is 81.7 cm³/mol. The van der Waals surface area contributed by atoms with Crippen molar-refractivity contribution in [3.63, 3.8) is 0 Å². The molecule has 4 heteroatoms. The van der Waals surface area contributed by atoms with Gasteiger partial charge >= 0.3 is 6.03 Å². The van der Waals surface area contributed by atoms with Gasteiger partial charge in [-0.15, -0.1) is 0 Å². The summed E-state index contributed by atoms with van der Waals surface area (Å²) in [6.07, 6.45) is 4.75. The summed E-state index contributed by atoms with van der Waals surface area (Å²) < 4.78 is 0. The van der Waals surface area contributed by atoms with Crippen molar-refractivity contribution in [1.29, 1.82) is 0 Å². The maximum atomic E-state index is 11.2. The predicted octanol–water partition coefficient (Wildman–Crippen LogP) is 3.82. The van der Waals surface area contributed by atoms with Crippen LogP contribution in [0.4, 0.5) is 16.2 Å². The lowest BCUT2D eigenvalue weighted by molar-refractivity contribution is 0.254. The number of hydrogen-bond donors (Lipinski definition) is 3. The van der Waals surface area contributed by atoms with E-state index in [1.165, 1.54) is 25.7 Å². The molecule has 1 aromatic carbocycles. The minimum Gasteiger partial charge on any atom is -0.382 e. The van der Waals surface area contributed by atoms with Crippen molar-refractivity contribution in [1.82, 2.24) is 5.32 Å². The zero-order chi connectivity index (χ0) is 14.1. The molecule has 0 fully saturated rings. The van der Waals surface area contributed by atoms with Crippen LogP contribution in [0.3, 0.4) is 0 Å². The molecule has 2 amide bonds. The summed E-state index contributed by atoms with van der Waals surface area (Å²) in [6, 6.07) is 8.16. The number of hydrogen-bond acceptors (Lipinski definition) is 2. The summed E-state index contributed by atoms with van der Waals surface area (Å²) in [5, 5.41) is 8.82. The van der Waals surface area contributed by atoms with Gasteiger partial charge in [0.15, 0.2) is 0 Å². The molecule has 0 atom stereocenters. The van der Waals surface area contributed by atoms with Crippen molar-refractivity contribution in [2.24, 2.45) is 0 Å². The molecule has 0 unspecified atom stereocenters. The van der Waals surface area contributed by atoms with Crippen LogP contribution in [-0.4, -0.2) is 19.1 Å². The van der Waals surface area contributed by atoms with Gasteiger partial charge in [-0.25, -0.2) is 4.79 Å². The van der Waals surface area contributed by atoms with Gasteiger partial charge in [0.1, 0.15) is 0 Å². The van der Waals surface area contributed by atoms with Crippen LogP contribution in [0.5, 0.6) is 0 Å². The SMILES string of the molecule is CCCC(CCC)Nc1ccc(NC(=O)NC)cc1. The minimum atomic E-state index is -0.199. The number of carbonyl (C=O) groups is 1. The molecule has 0 saturated carbocycles. The first-order chi connectivity index (χ1) is 9.19. The van der Waals surface area contributed by atoms with Crippen LogP contribution in [0.1, 0.15) is 39.5 Å². The fraction of sp³-hybridized carbons (Fsp3) is 0.533. The van der Waals surface area contributed by atoms with Crippen LogP contribution in [0, 0.1) is 0 Å². The summed E-state index contributed by atoms with van der Waals surface area (Å²) in [7, 11) is 1.60. The lowest BCUT2D eigenvalue weighted by atomic mass is 10.1. The maximum absolute atomic E-state index is 11.2. The fourth-order valence-corrected chi connectivity index (χ4v) is 2.06. The summed E-state index contributed by atoms with van der Waals surface area (Å²) in [5.41, 5.74) is 1.90. The van der Waals surface area contributed by atoms with Gasteiger partial charge in [-0.2, -0.15) is 0 Å². The van der Waals surface area contributed by atoms with Crippen molar-refractivity contribution in [3.05, 3.63) is 24.3 Å². The van der Waals surface area contributed by atoms with Crippen LogP contribution in [-0.2, 0) is 0 Å². The summed E-state index contributed by atoms with van der Waals surface area (Å²) in [5.74, 6) is 0. The van der Waals surface area contributed by atoms with Crippen molar-refractivity contribution >= 4 is 17.4 Å². The van der Waals surface area contributed by atoms with Gasteiger partial charge < -0.3 is 16.0 Å². The third kappa shape index (κ3) is 5.64. The Balaban J connectivity index is 2.57. The number of anilines is 2. The molecule has 0 aromatic heterocycles. The topological polar surface area (TPSA) is 53.2 Å². The molecular formula is C15H25N3O. The largest absolute Gasteiger partial charge is 0.382 e. The molecule has 0 heterocycles. The zero-order valence-corrected chi connectivity index (χ0v) is 12.1. The highest BCUT2D eigenvalue weighted by atomic mass is 16.2. The van der Waals surface area contributed by atoms with Gasteiger partial charge in [-0.05, 0) is 37.1 Å². The van der Waals surface area contributed by atoms with E-state index in [0.29, 0.717) is 6.04 Å². The van der Waals surface area contributed by atoms with Crippen LogP contribution >= 0.6 is 0 Å². The van der Waals surface area contributed by atoms with Crippen molar-refractivity contribution in [2.45, 2.75) is 45.6 Å². The highest BCUT2D eigenvalue weighted by Crippen LogP contribution is 2.17. The summed E-state index contributed by atoms with van der Waals surface area (Å²) in [4.78, 5) is 11.2. The molecule has 0 radical (unpaired) electrons. The number of amides is 2. The molecule has 1 aromatic rings. The molecule has 1 rings (SSSR count). The van der Waals surface area contributed by atoms with Crippen LogP contribution < -0.4 is 16.0 Å². The Bertz CT molecular complexity index is 369. The number of nitrogens with one attached hydrogen (secondary N) is 3. The van der Waals surface area contributed by atoms with E-state index in [9.17, 15) is 4.79 Å². The Morgan fingerprint density at radius 1 is 1.05 bits per heavy atom. The van der Waals surface area contributed by atoms with Gasteiger partial charge in [0.2, 0.25) is 0 Å². The third-order valence-corrected chi connectivity index (χ3v) is 3.01. The van der Waals surface area contributed by atoms with Gasteiger partial charge in [-0.3, -0.25) is 0 Å². The number of rotatable bonds is 7. The molecule has 0 bridgehead atoms. The second kappa shape index (κ2) is 8.40. The Kier molecular flexibility index (Phi) is 6.79. The molecule has 0 saturated heterocycles. The van der Waals surface area contributed by atoms with E-state index in [-0.39, 0.29) is 6.03 Å². The van der Waals surface area contributed by atoms with Crippen LogP contribution in [0.25, 0.3) is 0 Å². The highest BCUT2D eigenvalue weighted by molar-refractivity contribution is 5.89. The Morgan fingerprint density at radius 3 is 2.05 bits per heavy atom. The first kappa shape index (κ1) is 15.3. The van der Waals surface area contributed by atoms with E-state index in [2.05, 4.69) is 29.8 Å². The van der Waals surface area contributed by atoms with Gasteiger partial charge in [0.25, 0.3) is 0 Å². The molecule has 0 spiro atoms. The van der Waals surface area contributed by atoms with Crippen molar-refractivity contribution in [3.8, 4) is 0 Å². The summed E-state index contributed by atoms with van der Waals surface area (Å²) >= 11 is 0. The Labute approximate surface area is 116 Å². The molecule has 4 nitrogen and oxygen atoms in total. The van der Waals surface area contributed by atoms with Crippen molar-refractivity contribution < 1.29 is 4.79 Å². The molecule has 0 aliphatic heterocycles. The maximum Gasteiger partial charge on any atom is 0.318 e. The quantitative estimate of drug-likeness (QED) is 0.700. The van der Waals surface area contributed by atoms with E-state index < -0.39 is 0 Å². The standard InChI is InChI=1S/C15H25N3O/c1-4-6-12(7-5-2)17-13-8-10-14(11-9-13)18-15(19)16-3/h8-12,17H,4-7H2,1-3H3,(H2,16,18,19). The average molecular weight is 263 g/mol. The van der Waals surface area contributed by atoms with E-state index in [1.807, 2.05) is 24.3 Å². The lowest BCUT2D eigenvalue weighted by Crippen LogP contribution is -2.24. The normalized spacial score (nSPS) is 10.3. The van der Waals surface area contributed by atoms with Crippen molar-refractivity contribution in [2.75, 3.05) is 17.7 Å². The molecule has 0 aliphatic rings. The highest BCUT2D eigenvalue weighted by Gasteiger charge is 2.06.